The van der Waals surface area contributed by atoms with Crippen LogP contribution < -0.4 is 5.32 Å². The molecule has 2 amide bonds. The molecule has 1 saturated carbocycles. The molecule has 2 fully saturated rings. The summed E-state index contributed by atoms with van der Waals surface area (Å²) in [6, 6.07) is 8.54. The molecule has 1 aromatic carbocycles. The molecule has 0 spiro atoms. The molecule has 3 unspecified atom stereocenters. The number of benzene rings is 1. The van der Waals surface area contributed by atoms with E-state index in [-0.39, 0.29) is 23.7 Å². The van der Waals surface area contributed by atoms with Gasteiger partial charge in [0.05, 0.1) is 11.8 Å². The number of hydrogen-bond donors (Lipinski definition) is 1. The van der Waals surface area contributed by atoms with Crippen molar-refractivity contribution >= 4 is 11.8 Å². The van der Waals surface area contributed by atoms with Crippen molar-refractivity contribution in [3.8, 4) is 0 Å². The van der Waals surface area contributed by atoms with Gasteiger partial charge in [-0.25, -0.2) is 0 Å². The summed E-state index contributed by atoms with van der Waals surface area (Å²) in [4.78, 5) is 27.1. The lowest BCUT2D eigenvalue weighted by Gasteiger charge is -2.35. The predicted octanol–water partition coefficient (Wildman–Crippen LogP) is 3.04. The Morgan fingerprint density at radius 1 is 1.17 bits per heavy atom. The Balaban J connectivity index is 1.49. The van der Waals surface area contributed by atoms with Crippen LogP contribution in [0.2, 0.25) is 0 Å². The van der Waals surface area contributed by atoms with Gasteiger partial charge in [-0.1, -0.05) is 36.8 Å². The van der Waals surface area contributed by atoms with Gasteiger partial charge >= 0.3 is 0 Å². The molecule has 1 N–H and O–H groups in total. The van der Waals surface area contributed by atoms with Crippen molar-refractivity contribution in [3.05, 3.63) is 35.4 Å². The Bertz CT molecular complexity index is 596. The number of piperidine rings is 1. The summed E-state index contributed by atoms with van der Waals surface area (Å²) >= 11 is 0. The lowest BCUT2D eigenvalue weighted by Crippen LogP contribution is -2.44. The highest BCUT2D eigenvalue weighted by molar-refractivity contribution is 5.92. The first-order valence-corrected chi connectivity index (χ1v) is 9.24. The molecule has 1 saturated heterocycles. The minimum atomic E-state index is -0.123. The van der Waals surface area contributed by atoms with Crippen LogP contribution >= 0.6 is 0 Å². The summed E-state index contributed by atoms with van der Waals surface area (Å²) < 4.78 is 0. The van der Waals surface area contributed by atoms with Crippen LogP contribution in [0.3, 0.4) is 0 Å². The maximum atomic E-state index is 12.7. The standard InChI is InChI=1S/C20H28N2O2/c1-3-16-6-4-5-11-22(16)20(24)18-12-17(18)19(23)21-13-15-9-7-14(2)8-10-15/h7-10,16-18H,3-6,11-13H2,1-2H3,(H,21,23). The van der Waals surface area contributed by atoms with E-state index in [2.05, 4.69) is 12.2 Å². The monoisotopic (exact) mass is 328 g/mol. The summed E-state index contributed by atoms with van der Waals surface area (Å²) in [5, 5.41) is 2.98. The van der Waals surface area contributed by atoms with Crippen molar-refractivity contribution in [2.75, 3.05) is 6.54 Å². The quantitative estimate of drug-likeness (QED) is 0.903. The van der Waals surface area contributed by atoms with Gasteiger partial charge in [0.25, 0.3) is 0 Å². The van der Waals surface area contributed by atoms with Gasteiger partial charge in [0, 0.05) is 19.1 Å². The summed E-state index contributed by atoms with van der Waals surface area (Å²) in [7, 11) is 0. The van der Waals surface area contributed by atoms with Crippen LogP contribution in [-0.4, -0.2) is 29.3 Å². The molecule has 4 nitrogen and oxygen atoms in total. The second-order valence-electron chi connectivity index (χ2n) is 7.24. The van der Waals surface area contributed by atoms with Crippen LogP contribution in [0.15, 0.2) is 24.3 Å². The number of likely N-dealkylation sites (tertiary alicyclic amines) is 1. The highest BCUT2D eigenvalue weighted by atomic mass is 16.2. The van der Waals surface area contributed by atoms with Gasteiger partial charge < -0.3 is 10.2 Å². The van der Waals surface area contributed by atoms with E-state index in [1.165, 1.54) is 12.0 Å². The third kappa shape index (κ3) is 3.80. The molecule has 0 aromatic heterocycles. The summed E-state index contributed by atoms with van der Waals surface area (Å²) in [5.74, 6) is 0.0218. The molecule has 2 aliphatic rings. The molecule has 1 heterocycles. The number of rotatable bonds is 5. The molecule has 1 aliphatic heterocycles. The fraction of sp³-hybridized carbons (Fsp3) is 0.600. The van der Waals surface area contributed by atoms with E-state index in [0.29, 0.717) is 19.0 Å². The highest BCUT2D eigenvalue weighted by Crippen LogP contribution is 2.41. The van der Waals surface area contributed by atoms with Crippen LogP contribution in [0, 0.1) is 18.8 Å². The van der Waals surface area contributed by atoms with Crippen molar-refractivity contribution in [2.24, 2.45) is 11.8 Å². The molecule has 130 valence electrons. The van der Waals surface area contributed by atoms with Crippen molar-refractivity contribution in [2.45, 2.75) is 58.5 Å². The molecule has 1 aromatic rings. The van der Waals surface area contributed by atoms with Gasteiger partial charge in [0.2, 0.25) is 11.8 Å². The molecular weight excluding hydrogens is 300 g/mol. The zero-order valence-electron chi connectivity index (χ0n) is 14.8. The molecule has 3 rings (SSSR count). The molecule has 4 heteroatoms. The normalized spacial score (nSPS) is 26.1. The maximum Gasteiger partial charge on any atom is 0.226 e. The number of carbonyl (C=O) groups is 2. The third-order valence-electron chi connectivity index (χ3n) is 5.41. The SMILES string of the molecule is CCC1CCCCN1C(=O)C1CC1C(=O)NCc1ccc(C)cc1. The van der Waals surface area contributed by atoms with E-state index in [1.54, 1.807) is 0 Å². The number of hydrogen-bond acceptors (Lipinski definition) is 2. The van der Waals surface area contributed by atoms with Gasteiger partial charge in [-0.15, -0.1) is 0 Å². The molecule has 24 heavy (non-hydrogen) atoms. The largest absolute Gasteiger partial charge is 0.352 e. The molecule has 3 atom stereocenters. The van der Waals surface area contributed by atoms with E-state index in [9.17, 15) is 9.59 Å². The van der Waals surface area contributed by atoms with Crippen molar-refractivity contribution in [1.82, 2.24) is 10.2 Å². The van der Waals surface area contributed by atoms with Crippen molar-refractivity contribution in [3.63, 3.8) is 0 Å². The number of carbonyl (C=O) groups excluding carboxylic acids is 2. The average molecular weight is 328 g/mol. The lowest BCUT2D eigenvalue weighted by molar-refractivity contribution is -0.138. The first kappa shape index (κ1) is 17.0. The zero-order chi connectivity index (χ0) is 17.1. The first-order chi connectivity index (χ1) is 11.6. The fourth-order valence-corrected chi connectivity index (χ4v) is 3.71. The number of amides is 2. The minimum absolute atomic E-state index is 0.0268. The second kappa shape index (κ2) is 7.37. The van der Waals surface area contributed by atoms with Crippen molar-refractivity contribution in [1.29, 1.82) is 0 Å². The Labute approximate surface area is 144 Å². The van der Waals surface area contributed by atoms with E-state index in [4.69, 9.17) is 0 Å². The van der Waals surface area contributed by atoms with Gasteiger partial charge in [-0.2, -0.15) is 0 Å². The number of nitrogens with zero attached hydrogens (tertiary/aromatic N) is 1. The zero-order valence-corrected chi connectivity index (χ0v) is 14.8. The fourth-order valence-electron chi connectivity index (χ4n) is 3.71. The van der Waals surface area contributed by atoms with Crippen LogP contribution in [-0.2, 0) is 16.1 Å². The summed E-state index contributed by atoms with van der Waals surface area (Å²) in [5.41, 5.74) is 2.31. The highest BCUT2D eigenvalue weighted by Gasteiger charge is 2.50. The van der Waals surface area contributed by atoms with Crippen LogP contribution in [0.4, 0.5) is 0 Å². The van der Waals surface area contributed by atoms with Gasteiger partial charge in [0.1, 0.15) is 0 Å². The van der Waals surface area contributed by atoms with Gasteiger partial charge in [-0.05, 0) is 44.6 Å². The van der Waals surface area contributed by atoms with Crippen molar-refractivity contribution < 1.29 is 9.59 Å². The topological polar surface area (TPSA) is 49.4 Å². The Hall–Kier alpha value is -1.84. The van der Waals surface area contributed by atoms with E-state index in [1.807, 2.05) is 36.1 Å². The Kier molecular flexibility index (Phi) is 5.22. The Morgan fingerprint density at radius 2 is 1.92 bits per heavy atom. The number of aryl methyl sites for hydroxylation is 1. The number of nitrogens with one attached hydrogen (secondary N) is 1. The molecule has 0 radical (unpaired) electrons. The van der Waals surface area contributed by atoms with Crippen LogP contribution in [0.1, 0.15) is 50.2 Å². The first-order valence-electron chi connectivity index (χ1n) is 9.24. The van der Waals surface area contributed by atoms with Crippen LogP contribution in [0.5, 0.6) is 0 Å². The van der Waals surface area contributed by atoms with E-state index < -0.39 is 0 Å². The summed E-state index contributed by atoms with van der Waals surface area (Å²) in [6.07, 6.45) is 5.15. The Morgan fingerprint density at radius 3 is 2.62 bits per heavy atom. The molecule has 0 bridgehead atoms. The summed E-state index contributed by atoms with van der Waals surface area (Å²) in [6.45, 7) is 5.60. The van der Waals surface area contributed by atoms with Gasteiger partial charge in [-0.3, -0.25) is 9.59 Å². The van der Waals surface area contributed by atoms with E-state index >= 15 is 0 Å². The molecule has 1 aliphatic carbocycles. The second-order valence-corrected chi connectivity index (χ2v) is 7.24. The van der Waals surface area contributed by atoms with E-state index in [0.717, 1.165) is 31.4 Å². The third-order valence-corrected chi connectivity index (χ3v) is 5.41. The van der Waals surface area contributed by atoms with Gasteiger partial charge in [0.15, 0.2) is 0 Å². The van der Waals surface area contributed by atoms with Crippen LogP contribution in [0.25, 0.3) is 0 Å². The lowest BCUT2D eigenvalue weighted by atomic mass is 9.99. The smallest absolute Gasteiger partial charge is 0.226 e. The average Bonchev–Trinajstić information content (AvgIpc) is 3.41. The minimum Gasteiger partial charge on any atom is -0.352 e. The maximum absolute atomic E-state index is 12.7. The molecular formula is C20H28N2O2. The predicted molar refractivity (Wildman–Crippen MR) is 94.3 cm³/mol.